The third-order valence-electron chi connectivity index (χ3n) is 4.16. The molecular formula is C19H28IN3O3. The van der Waals surface area contributed by atoms with Crippen LogP contribution in [0.4, 0.5) is 0 Å². The van der Waals surface area contributed by atoms with Crippen LogP contribution in [-0.2, 0) is 16.1 Å². The number of methoxy groups -OCH3 is 1. The van der Waals surface area contributed by atoms with E-state index in [4.69, 9.17) is 4.42 Å². The summed E-state index contributed by atoms with van der Waals surface area (Å²) in [6, 6.07) is 8.04. The zero-order chi connectivity index (χ0) is 18.1. The lowest BCUT2D eigenvalue weighted by Crippen LogP contribution is -2.37. The summed E-state index contributed by atoms with van der Waals surface area (Å²) < 4.78 is 10.5. The average Bonchev–Trinajstić information content (AvgIpc) is 2.96. The van der Waals surface area contributed by atoms with E-state index in [0.29, 0.717) is 13.0 Å². The highest BCUT2D eigenvalue weighted by Gasteiger charge is 2.10. The first-order chi connectivity index (χ1) is 12.2. The number of nitrogens with zero attached hydrogens (tertiary/aromatic N) is 1. The minimum absolute atomic E-state index is 0. The second-order valence-corrected chi connectivity index (χ2v) is 5.89. The summed E-state index contributed by atoms with van der Waals surface area (Å²) in [6.45, 7) is 3.46. The monoisotopic (exact) mass is 473 g/mol. The SMILES string of the molecule is CN=C(NCCCCCC(=O)OC)NCc1oc2ccccc2c1C.I. The fraction of sp³-hybridized carbons (Fsp3) is 0.474. The third-order valence-corrected chi connectivity index (χ3v) is 4.16. The summed E-state index contributed by atoms with van der Waals surface area (Å²) in [6.07, 6.45) is 3.27. The molecule has 0 radical (unpaired) electrons. The van der Waals surface area contributed by atoms with E-state index >= 15 is 0 Å². The van der Waals surface area contributed by atoms with Crippen molar-refractivity contribution in [3.63, 3.8) is 0 Å². The third kappa shape index (κ3) is 6.51. The number of halogens is 1. The lowest BCUT2D eigenvalue weighted by Gasteiger charge is -2.11. The Balaban J connectivity index is 0.00000338. The highest BCUT2D eigenvalue weighted by molar-refractivity contribution is 14.0. The highest BCUT2D eigenvalue weighted by atomic mass is 127. The van der Waals surface area contributed by atoms with Crippen LogP contribution in [0.1, 0.15) is 37.0 Å². The van der Waals surface area contributed by atoms with Crippen molar-refractivity contribution in [3.05, 3.63) is 35.6 Å². The van der Waals surface area contributed by atoms with Gasteiger partial charge in [-0.05, 0) is 25.8 Å². The maximum Gasteiger partial charge on any atom is 0.305 e. The molecule has 0 spiro atoms. The van der Waals surface area contributed by atoms with Crippen LogP contribution in [0.25, 0.3) is 11.0 Å². The maximum absolute atomic E-state index is 11.0. The van der Waals surface area contributed by atoms with Crippen LogP contribution in [-0.4, -0.2) is 32.6 Å². The van der Waals surface area contributed by atoms with Gasteiger partial charge in [-0.2, -0.15) is 0 Å². The molecule has 0 aliphatic heterocycles. The van der Waals surface area contributed by atoms with Crippen LogP contribution in [0, 0.1) is 6.92 Å². The molecule has 1 heterocycles. The predicted molar refractivity (Wildman–Crippen MR) is 115 cm³/mol. The Labute approximate surface area is 171 Å². The topological polar surface area (TPSA) is 75.9 Å². The average molecular weight is 473 g/mol. The first-order valence-corrected chi connectivity index (χ1v) is 8.64. The number of aliphatic imine (C=N–C) groups is 1. The number of hydrogen-bond donors (Lipinski definition) is 2. The number of fused-ring (bicyclic) bond motifs is 1. The molecule has 0 saturated heterocycles. The molecule has 6 nitrogen and oxygen atoms in total. The normalized spacial score (nSPS) is 11.1. The van der Waals surface area contributed by atoms with Gasteiger partial charge in [0.2, 0.25) is 0 Å². The molecule has 0 saturated carbocycles. The van der Waals surface area contributed by atoms with Crippen LogP contribution in [0.15, 0.2) is 33.7 Å². The van der Waals surface area contributed by atoms with Crippen molar-refractivity contribution in [1.29, 1.82) is 0 Å². The molecular weight excluding hydrogens is 445 g/mol. The van der Waals surface area contributed by atoms with Gasteiger partial charge in [0.15, 0.2) is 5.96 Å². The lowest BCUT2D eigenvalue weighted by atomic mass is 10.1. The van der Waals surface area contributed by atoms with Gasteiger partial charge in [0.1, 0.15) is 11.3 Å². The number of carbonyl (C=O) groups is 1. The standard InChI is InChI=1S/C19H27N3O3.HI/c1-14-15-9-6-7-10-16(15)25-17(14)13-22-19(20-2)21-12-8-4-5-11-18(23)24-3;/h6-7,9-10H,4-5,8,11-13H2,1-3H3,(H2,20,21,22);1H. The van der Waals surface area contributed by atoms with Crippen LogP contribution in [0.5, 0.6) is 0 Å². The van der Waals surface area contributed by atoms with E-state index in [9.17, 15) is 4.79 Å². The number of rotatable bonds is 8. The van der Waals surface area contributed by atoms with E-state index < -0.39 is 0 Å². The minimum atomic E-state index is -0.147. The molecule has 0 unspecified atom stereocenters. The number of hydrogen-bond acceptors (Lipinski definition) is 4. The summed E-state index contributed by atoms with van der Waals surface area (Å²) in [7, 11) is 3.17. The smallest absolute Gasteiger partial charge is 0.305 e. The first-order valence-electron chi connectivity index (χ1n) is 8.64. The lowest BCUT2D eigenvalue weighted by molar-refractivity contribution is -0.140. The van der Waals surface area contributed by atoms with Gasteiger partial charge in [-0.1, -0.05) is 24.6 Å². The number of para-hydroxylation sites is 1. The van der Waals surface area contributed by atoms with E-state index in [1.807, 2.05) is 18.2 Å². The van der Waals surface area contributed by atoms with Gasteiger partial charge >= 0.3 is 5.97 Å². The highest BCUT2D eigenvalue weighted by Crippen LogP contribution is 2.24. The Morgan fingerprint density at radius 1 is 1.19 bits per heavy atom. The van der Waals surface area contributed by atoms with Gasteiger partial charge < -0.3 is 19.8 Å². The Morgan fingerprint density at radius 2 is 1.96 bits per heavy atom. The van der Waals surface area contributed by atoms with Crippen molar-refractivity contribution in [2.45, 2.75) is 39.2 Å². The fourth-order valence-electron chi connectivity index (χ4n) is 2.66. The van der Waals surface area contributed by atoms with Crippen LogP contribution < -0.4 is 10.6 Å². The number of furan rings is 1. The molecule has 2 rings (SSSR count). The second kappa shape index (κ2) is 11.8. The molecule has 1 aromatic carbocycles. The number of esters is 1. The Kier molecular flexibility index (Phi) is 10.1. The number of guanidine groups is 1. The Hall–Kier alpha value is -1.77. The molecule has 7 heteroatoms. The molecule has 2 aromatic rings. The van der Waals surface area contributed by atoms with Crippen LogP contribution >= 0.6 is 24.0 Å². The molecule has 1 aromatic heterocycles. The van der Waals surface area contributed by atoms with Gasteiger partial charge in [0.25, 0.3) is 0 Å². The molecule has 0 aliphatic carbocycles. The summed E-state index contributed by atoms with van der Waals surface area (Å²) >= 11 is 0. The predicted octanol–water partition coefficient (Wildman–Crippen LogP) is 3.76. The second-order valence-electron chi connectivity index (χ2n) is 5.89. The van der Waals surface area contributed by atoms with Crippen molar-refractivity contribution < 1.29 is 13.9 Å². The van der Waals surface area contributed by atoms with Crippen molar-refractivity contribution in [2.75, 3.05) is 20.7 Å². The van der Waals surface area contributed by atoms with Crippen LogP contribution in [0.3, 0.4) is 0 Å². The number of benzene rings is 1. The van der Waals surface area contributed by atoms with Gasteiger partial charge in [-0.3, -0.25) is 9.79 Å². The summed E-state index contributed by atoms with van der Waals surface area (Å²) in [5.74, 6) is 1.52. The molecule has 0 amide bonds. The molecule has 0 atom stereocenters. The number of carbonyl (C=O) groups excluding carboxylic acids is 1. The van der Waals surface area contributed by atoms with Gasteiger partial charge in [0, 0.05) is 31.0 Å². The number of aryl methyl sites for hydroxylation is 1. The maximum atomic E-state index is 11.0. The van der Waals surface area contributed by atoms with Gasteiger partial charge in [0.05, 0.1) is 13.7 Å². The molecule has 0 bridgehead atoms. The molecule has 144 valence electrons. The first kappa shape index (κ1) is 22.3. The van der Waals surface area contributed by atoms with E-state index in [2.05, 4.69) is 33.4 Å². The number of ether oxygens (including phenoxy) is 1. The van der Waals surface area contributed by atoms with Gasteiger partial charge in [-0.15, -0.1) is 24.0 Å². The van der Waals surface area contributed by atoms with E-state index in [0.717, 1.165) is 54.1 Å². The summed E-state index contributed by atoms with van der Waals surface area (Å²) in [5, 5.41) is 7.70. The molecule has 2 N–H and O–H groups in total. The Bertz CT molecular complexity index is 728. The van der Waals surface area contributed by atoms with E-state index in [1.165, 1.54) is 7.11 Å². The minimum Gasteiger partial charge on any atom is -0.469 e. The van der Waals surface area contributed by atoms with Crippen molar-refractivity contribution >= 4 is 46.9 Å². The van der Waals surface area contributed by atoms with Gasteiger partial charge in [-0.25, -0.2) is 0 Å². The zero-order valence-electron chi connectivity index (χ0n) is 15.6. The van der Waals surface area contributed by atoms with Crippen LogP contribution in [0.2, 0.25) is 0 Å². The fourth-order valence-corrected chi connectivity index (χ4v) is 2.66. The largest absolute Gasteiger partial charge is 0.469 e. The zero-order valence-corrected chi connectivity index (χ0v) is 18.0. The van der Waals surface area contributed by atoms with E-state index in [1.54, 1.807) is 7.05 Å². The summed E-state index contributed by atoms with van der Waals surface area (Å²) in [5.41, 5.74) is 2.06. The summed E-state index contributed by atoms with van der Waals surface area (Å²) in [4.78, 5) is 15.3. The molecule has 0 aliphatic rings. The Morgan fingerprint density at radius 3 is 2.65 bits per heavy atom. The van der Waals surface area contributed by atoms with Crippen molar-refractivity contribution in [3.8, 4) is 0 Å². The number of nitrogens with one attached hydrogen (secondary N) is 2. The number of unbranched alkanes of at least 4 members (excludes halogenated alkanes) is 2. The quantitative estimate of drug-likeness (QED) is 0.201. The molecule has 0 fully saturated rings. The van der Waals surface area contributed by atoms with Crippen molar-refractivity contribution in [2.24, 2.45) is 4.99 Å². The molecule has 26 heavy (non-hydrogen) atoms. The van der Waals surface area contributed by atoms with E-state index in [-0.39, 0.29) is 29.9 Å². The van der Waals surface area contributed by atoms with Crippen molar-refractivity contribution in [1.82, 2.24) is 10.6 Å².